The second kappa shape index (κ2) is 4.83. The summed E-state index contributed by atoms with van der Waals surface area (Å²) in [4.78, 5) is 11.7. The topological polar surface area (TPSA) is 29.1 Å². The van der Waals surface area contributed by atoms with Gasteiger partial charge in [-0.05, 0) is 12.1 Å². The van der Waals surface area contributed by atoms with Crippen molar-refractivity contribution in [2.45, 2.75) is 11.8 Å². The number of carbonyl (C=O) groups excluding carboxylic acids is 1. The van der Waals surface area contributed by atoms with Gasteiger partial charge in [0.25, 0.3) is 0 Å². The van der Waals surface area contributed by atoms with Gasteiger partial charge in [0.1, 0.15) is 0 Å². The minimum absolute atomic E-state index is 0.0124. The summed E-state index contributed by atoms with van der Waals surface area (Å²) in [7, 11) is 0. The summed E-state index contributed by atoms with van der Waals surface area (Å²) >= 11 is 1.62. The zero-order chi connectivity index (χ0) is 8.81. The van der Waals surface area contributed by atoms with E-state index in [4.69, 9.17) is 0 Å². The van der Waals surface area contributed by atoms with Gasteiger partial charge in [0.15, 0.2) is 0 Å². The van der Waals surface area contributed by atoms with E-state index in [1.807, 2.05) is 30.3 Å². The maximum absolute atomic E-state index is 10.5. The van der Waals surface area contributed by atoms with E-state index in [1.165, 1.54) is 11.8 Å². The van der Waals surface area contributed by atoms with Crippen LogP contribution in [0.2, 0.25) is 0 Å². The van der Waals surface area contributed by atoms with E-state index < -0.39 is 0 Å². The molecule has 0 aliphatic carbocycles. The lowest BCUT2D eigenvalue weighted by molar-refractivity contribution is -0.118. The maximum Gasteiger partial charge on any atom is 0.217 e. The number of amides is 1. The monoisotopic (exact) mass is 181 g/mol. The molecule has 64 valence electrons. The van der Waals surface area contributed by atoms with Crippen LogP contribution in [-0.4, -0.2) is 11.8 Å². The maximum atomic E-state index is 10.5. The highest BCUT2D eigenvalue weighted by atomic mass is 32.2. The quantitative estimate of drug-likeness (QED) is 0.569. The van der Waals surface area contributed by atoms with Crippen LogP contribution in [0.5, 0.6) is 0 Å². The molecule has 3 heteroatoms. The van der Waals surface area contributed by atoms with Crippen LogP contribution in [-0.2, 0) is 4.79 Å². The molecule has 0 atom stereocenters. The van der Waals surface area contributed by atoms with Gasteiger partial charge in [-0.15, -0.1) is 11.8 Å². The summed E-state index contributed by atoms with van der Waals surface area (Å²) in [5, 5.41) is 2.72. The molecule has 0 spiro atoms. The minimum Gasteiger partial charge on any atom is -0.347 e. The van der Waals surface area contributed by atoms with Crippen molar-refractivity contribution >= 4 is 17.7 Å². The predicted octanol–water partition coefficient (Wildman–Crippen LogP) is 1.87. The lowest BCUT2D eigenvalue weighted by atomic mass is 10.4. The van der Waals surface area contributed by atoms with Crippen molar-refractivity contribution in [2.75, 3.05) is 5.88 Å². The van der Waals surface area contributed by atoms with Gasteiger partial charge in [0.05, 0.1) is 5.88 Å². The van der Waals surface area contributed by atoms with E-state index in [2.05, 4.69) is 5.32 Å². The number of carbonyl (C=O) groups is 1. The zero-order valence-corrected chi connectivity index (χ0v) is 7.73. The van der Waals surface area contributed by atoms with Gasteiger partial charge in [-0.25, -0.2) is 0 Å². The first-order valence-corrected chi connectivity index (χ1v) is 4.70. The molecule has 0 fully saturated rings. The van der Waals surface area contributed by atoms with Gasteiger partial charge < -0.3 is 5.32 Å². The molecule has 1 rings (SSSR count). The SMILES string of the molecule is CC(=O)NCSc1ccccc1. The lowest BCUT2D eigenvalue weighted by Crippen LogP contribution is -2.18. The second-order valence-electron chi connectivity index (χ2n) is 2.33. The van der Waals surface area contributed by atoms with Crippen LogP contribution in [0.25, 0.3) is 0 Å². The van der Waals surface area contributed by atoms with Gasteiger partial charge in [-0.3, -0.25) is 4.79 Å². The molecule has 0 heterocycles. The third kappa shape index (κ3) is 3.44. The van der Waals surface area contributed by atoms with Crippen molar-refractivity contribution in [3.05, 3.63) is 30.3 Å². The Morgan fingerprint density at radius 2 is 2.08 bits per heavy atom. The summed E-state index contributed by atoms with van der Waals surface area (Å²) in [5.74, 6) is 0.651. The summed E-state index contributed by atoms with van der Waals surface area (Å²) in [6.07, 6.45) is 0. The van der Waals surface area contributed by atoms with Gasteiger partial charge >= 0.3 is 0 Å². The molecule has 12 heavy (non-hydrogen) atoms. The third-order valence-electron chi connectivity index (χ3n) is 1.30. The van der Waals surface area contributed by atoms with Crippen LogP contribution >= 0.6 is 11.8 Å². The van der Waals surface area contributed by atoms with Crippen molar-refractivity contribution in [3.8, 4) is 0 Å². The molecule has 0 radical (unpaired) electrons. The van der Waals surface area contributed by atoms with Gasteiger partial charge in [-0.2, -0.15) is 0 Å². The number of thioether (sulfide) groups is 1. The van der Waals surface area contributed by atoms with Crippen LogP contribution in [0.4, 0.5) is 0 Å². The van der Waals surface area contributed by atoms with Crippen LogP contribution in [0.1, 0.15) is 6.92 Å². The van der Waals surface area contributed by atoms with Crippen molar-refractivity contribution in [1.29, 1.82) is 0 Å². The first-order valence-electron chi connectivity index (χ1n) is 3.71. The summed E-state index contributed by atoms with van der Waals surface area (Å²) in [5.41, 5.74) is 0. The first-order chi connectivity index (χ1) is 5.79. The number of nitrogens with one attached hydrogen (secondary N) is 1. The van der Waals surface area contributed by atoms with Crippen LogP contribution in [0.15, 0.2) is 35.2 Å². The Morgan fingerprint density at radius 3 is 2.67 bits per heavy atom. The van der Waals surface area contributed by atoms with Crippen molar-refractivity contribution < 1.29 is 4.79 Å². The van der Waals surface area contributed by atoms with Gasteiger partial charge in [-0.1, -0.05) is 18.2 Å². The Morgan fingerprint density at radius 1 is 1.42 bits per heavy atom. The summed E-state index contributed by atoms with van der Waals surface area (Å²) in [6.45, 7) is 1.52. The van der Waals surface area contributed by atoms with Gasteiger partial charge in [0, 0.05) is 11.8 Å². The zero-order valence-electron chi connectivity index (χ0n) is 6.91. The van der Waals surface area contributed by atoms with E-state index in [9.17, 15) is 4.79 Å². The molecule has 1 N–H and O–H groups in total. The Balaban J connectivity index is 2.29. The normalized spacial score (nSPS) is 9.42. The Kier molecular flexibility index (Phi) is 3.67. The number of hydrogen-bond donors (Lipinski definition) is 1. The molecular formula is C9H11NOS. The highest BCUT2D eigenvalue weighted by Gasteiger charge is 1.92. The van der Waals surface area contributed by atoms with Crippen LogP contribution in [0.3, 0.4) is 0 Å². The fraction of sp³-hybridized carbons (Fsp3) is 0.222. The molecule has 1 aromatic carbocycles. The van der Waals surface area contributed by atoms with Crippen molar-refractivity contribution in [3.63, 3.8) is 0 Å². The molecule has 1 aromatic rings. The van der Waals surface area contributed by atoms with E-state index in [1.54, 1.807) is 11.8 Å². The average molecular weight is 181 g/mol. The van der Waals surface area contributed by atoms with Crippen molar-refractivity contribution in [2.24, 2.45) is 0 Å². The summed E-state index contributed by atoms with van der Waals surface area (Å²) < 4.78 is 0. The van der Waals surface area contributed by atoms with Crippen LogP contribution in [0, 0.1) is 0 Å². The van der Waals surface area contributed by atoms with Crippen LogP contribution < -0.4 is 5.32 Å². The molecule has 0 saturated carbocycles. The smallest absolute Gasteiger partial charge is 0.217 e. The fourth-order valence-corrected chi connectivity index (χ4v) is 1.53. The Hall–Kier alpha value is -0.960. The highest BCUT2D eigenvalue weighted by molar-refractivity contribution is 7.99. The molecule has 0 aliphatic heterocycles. The highest BCUT2D eigenvalue weighted by Crippen LogP contribution is 2.14. The van der Waals surface area contributed by atoms with E-state index in [0.29, 0.717) is 5.88 Å². The molecule has 0 aromatic heterocycles. The molecule has 0 saturated heterocycles. The van der Waals surface area contributed by atoms with E-state index >= 15 is 0 Å². The largest absolute Gasteiger partial charge is 0.347 e. The molecule has 0 aliphatic rings. The molecule has 1 amide bonds. The van der Waals surface area contributed by atoms with Gasteiger partial charge in [0.2, 0.25) is 5.91 Å². The molecular weight excluding hydrogens is 170 g/mol. The Bertz CT molecular complexity index is 248. The van der Waals surface area contributed by atoms with Crippen molar-refractivity contribution in [1.82, 2.24) is 5.32 Å². The first kappa shape index (κ1) is 9.13. The molecule has 0 unspecified atom stereocenters. The Labute approximate surface area is 76.4 Å². The average Bonchev–Trinajstić information content (AvgIpc) is 2.05. The van der Waals surface area contributed by atoms with E-state index in [0.717, 1.165) is 0 Å². The third-order valence-corrected chi connectivity index (χ3v) is 2.20. The molecule has 2 nitrogen and oxygen atoms in total. The number of benzene rings is 1. The fourth-order valence-electron chi connectivity index (χ4n) is 0.738. The lowest BCUT2D eigenvalue weighted by Gasteiger charge is -2.00. The molecule has 0 bridgehead atoms. The number of hydrogen-bond acceptors (Lipinski definition) is 2. The minimum atomic E-state index is 0.0124. The van der Waals surface area contributed by atoms with E-state index in [-0.39, 0.29) is 5.91 Å². The second-order valence-corrected chi connectivity index (χ2v) is 3.38. The standard InChI is InChI=1S/C9H11NOS/c1-8(11)10-7-12-9-5-3-2-4-6-9/h2-6H,7H2,1H3,(H,10,11). The number of rotatable bonds is 3. The summed E-state index contributed by atoms with van der Waals surface area (Å²) in [6, 6.07) is 9.98. The predicted molar refractivity (Wildman–Crippen MR) is 51.0 cm³/mol.